The van der Waals surface area contributed by atoms with Gasteiger partial charge >= 0.3 is 0 Å². The Kier molecular flexibility index (Phi) is 4.63. The van der Waals surface area contributed by atoms with Crippen LogP contribution < -0.4 is 5.73 Å². The van der Waals surface area contributed by atoms with Crippen LogP contribution >= 0.6 is 0 Å². The Labute approximate surface area is 112 Å². The molecule has 1 aliphatic heterocycles. The molecule has 1 aliphatic rings. The second-order valence-electron chi connectivity index (χ2n) is 4.75. The molecule has 0 unspecified atom stereocenters. The lowest BCUT2D eigenvalue weighted by atomic mass is 10.2. The first-order valence-corrected chi connectivity index (χ1v) is 6.44. The molecule has 5 heteroatoms. The molecule has 102 valence electrons. The third-order valence-corrected chi connectivity index (χ3v) is 3.42. The summed E-state index contributed by atoms with van der Waals surface area (Å²) in [7, 11) is 2.12. The molecule has 0 amide bonds. The van der Waals surface area contributed by atoms with Crippen LogP contribution in [0.5, 0.6) is 0 Å². The first-order valence-electron chi connectivity index (χ1n) is 6.44. The number of allylic oxidation sites excluding steroid dienone is 1. The second-order valence-corrected chi connectivity index (χ2v) is 4.75. The highest BCUT2D eigenvalue weighted by Crippen LogP contribution is 2.15. The summed E-state index contributed by atoms with van der Waals surface area (Å²) in [5, 5.41) is 0. The Hall–Kier alpha value is -1.75. The number of hydrogen-bond donors (Lipinski definition) is 1. The molecule has 1 saturated heterocycles. The van der Waals surface area contributed by atoms with E-state index in [-0.39, 0.29) is 5.82 Å². The molecule has 0 bridgehead atoms. The van der Waals surface area contributed by atoms with Gasteiger partial charge in [-0.05, 0) is 38.6 Å². The van der Waals surface area contributed by atoms with Crippen LogP contribution in [0.25, 0.3) is 5.57 Å². The van der Waals surface area contributed by atoms with Gasteiger partial charge in [-0.1, -0.05) is 0 Å². The summed E-state index contributed by atoms with van der Waals surface area (Å²) in [6, 6.07) is 3.48. The van der Waals surface area contributed by atoms with Gasteiger partial charge in [0.2, 0.25) is 0 Å². The summed E-state index contributed by atoms with van der Waals surface area (Å²) >= 11 is 0. The molecule has 1 aromatic heterocycles. The first kappa shape index (κ1) is 13.7. The van der Waals surface area contributed by atoms with E-state index in [1.807, 2.05) is 0 Å². The summed E-state index contributed by atoms with van der Waals surface area (Å²) in [6.45, 7) is 1.90. The smallest absolute Gasteiger partial charge is 0.141 e. The third kappa shape index (κ3) is 3.61. The maximum atomic E-state index is 12.8. The Morgan fingerprint density at radius 2 is 2.47 bits per heavy atom. The van der Waals surface area contributed by atoms with Crippen LogP contribution in [-0.4, -0.2) is 42.3 Å². The van der Waals surface area contributed by atoms with Crippen LogP contribution in [-0.2, 0) is 0 Å². The Morgan fingerprint density at radius 1 is 1.63 bits per heavy atom. The summed E-state index contributed by atoms with van der Waals surface area (Å²) in [6.07, 6.45) is 6.76. The molecular weight excluding hydrogens is 243 g/mol. The highest BCUT2D eigenvalue weighted by atomic mass is 19.1. The lowest BCUT2D eigenvalue weighted by Crippen LogP contribution is -2.27. The summed E-state index contributed by atoms with van der Waals surface area (Å²) < 4.78 is 12.8. The molecule has 0 saturated carbocycles. The van der Waals surface area contributed by atoms with Gasteiger partial charge in [0.05, 0.1) is 18.4 Å². The van der Waals surface area contributed by atoms with Gasteiger partial charge in [-0.2, -0.15) is 0 Å². The molecule has 0 spiro atoms. The number of likely N-dealkylation sites (tertiary alicyclic amines) is 1. The average Bonchev–Trinajstić information content (AvgIpc) is 2.82. The lowest BCUT2D eigenvalue weighted by molar-refractivity contribution is 0.318. The summed E-state index contributed by atoms with van der Waals surface area (Å²) in [5.74, 6) is -0.357. The van der Waals surface area contributed by atoms with E-state index < -0.39 is 0 Å². The Bertz CT molecular complexity index is 467. The normalized spacial score (nSPS) is 21.4. The number of pyridine rings is 1. The van der Waals surface area contributed by atoms with E-state index in [4.69, 9.17) is 5.73 Å². The van der Waals surface area contributed by atoms with Crippen molar-refractivity contribution in [3.8, 4) is 0 Å². The fourth-order valence-corrected chi connectivity index (χ4v) is 2.22. The van der Waals surface area contributed by atoms with Crippen molar-refractivity contribution in [1.82, 2.24) is 9.88 Å². The van der Waals surface area contributed by atoms with E-state index in [1.54, 1.807) is 12.3 Å². The van der Waals surface area contributed by atoms with Gasteiger partial charge in [-0.25, -0.2) is 4.39 Å². The predicted octanol–water partition coefficient (Wildman–Crippen LogP) is 1.69. The van der Waals surface area contributed by atoms with Gasteiger partial charge in [0.1, 0.15) is 5.82 Å². The number of nitrogens with two attached hydrogens (primary N) is 1. The number of aliphatic imine (C=N–C) groups is 1. The Balaban J connectivity index is 1.97. The molecule has 2 rings (SSSR count). The fraction of sp³-hybridized carbons (Fsp3) is 0.429. The fourth-order valence-electron chi connectivity index (χ4n) is 2.22. The molecule has 0 radical (unpaired) electrons. The molecule has 1 fully saturated rings. The Morgan fingerprint density at radius 3 is 3.05 bits per heavy atom. The zero-order valence-electron chi connectivity index (χ0n) is 11.1. The molecule has 0 aliphatic carbocycles. The number of halogens is 1. The van der Waals surface area contributed by atoms with Gasteiger partial charge in [0.15, 0.2) is 0 Å². The number of likely N-dealkylation sites (N-methyl/N-ethyl adjacent to an activating group) is 1. The lowest BCUT2D eigenvalue weighted by Gasteiger charge is -2.16. The van der Waals surface area contributed by atoms with Crippen molar-refractivity contribution in [2.45, 2.75) is 18.9 Å². The van der Waals surface area contributed by atoms with E-state index in [1.165, 1.54) is 31.3 Å². The van der Waals surface area contributed by atoms with Crippen molar-refractivity contribution in [1.29, 1.82) is 0 Å². The highest BCUT2D eigenvalue weighted by molar-refractivity contribution is 6.08. The molecule has 4 nitrogen and oxygen atoms in total. The van der Waals surface area contributed by atoms with Crippen LogP contribution in [0.2, 0.25) is 0 Å². The van der Waals surface area contributed by atoms with Crippen molar-refractivity contribution < 1.29 is 4.39 Å². The minimum Gasteiger partial charge on any atom is -0.404 e. The highest BCUT2D eigenvalue weighted by Gasteiger charge is 2.19. The van der Waals surface area contributed by atoms with Crippen LogP contribution in [0.15, 0.2) is 29.5 Å². The summed E-state index contributed by atoms with van der Waals surface area (Å²) in [5.41, 5.74) is 6.91. The van der Waals surface area contributed by atoms with Crippen molar-refractivity contribution in [3.05, 3.63) is 36.0 Å². The van der Waals surface area contributed by atoms with Gasteiger partial charge in [0.25, 0.3) is 0 Å². The van der Waals surface area contributed by atoms with Gasteiger partial charge in [0, 0.05) is 24.0 Å². The van der Waals surface area contributed by atoms with E-state index >= 15 is 0 Å². The van der Waals surface area contributed by atoms with Crippen LogP contribution in [0.1, 0.15) is 18.5 Å². The van der Waals surface area contributed by atoms with Crippen LogP contribution in [0, 0.1) is 5.82 Å². The van der Waals surface area contributed by atoms with Crippen molar-refractivity contribution in [2.75, 3.05) is 20.1 Å². The monoisotopic (exact) mass is 262 g/mol. The van der Waals surface area contributed by atoms with E-state index in [0.29, 0.717) is 17.3 Å². The molecule has 1 atom stereocenters. The minimum absolute atomic E-state index is 0.357. The van der Waals surface area contributed by atoms with E-state index in [0.717, 1.165) is 13.1 Å². The summed E-state index contributed by atoms with van der Waals surface area (Å²) in [4.78, 5) is 10.7. The van der Waals surface area contributed by atoms with Crippen LogP contribution in [0.4, 0.5) is 4.39 Å². The largest absolute Gasteiger partial charge is 0.404 e. The molecule has 2 N–H and O–H groups in total. The zero-order valence-corrected chi connectivity index (χ0v) is 11.1. The zero-order chi connectivity index (χ0) is 13.7. The predicted molar refractivity (Wildman–Crippen MR) is 75.4 cm³/mol. The van der Waals surface area contributed by atoms with Crippen LogP contribution in [0.3, 0.4) is 0 Å². The van der Waals surface area contributed by atoms with Gasteiger partial charge in [-0.3, -0.25) is 9.98 Å². The number of aromatic nitrogens is 1. The molecule has 0 aromatic carbocycles. The molecule has 2 heterocycles. The molecule has 1 aromatic rings. The van der Waals surface area contributed by atoms with E-state index in [2.05, 4.69) is 21.9 Å². The first-order chi connectivity index (χ1) is 9.20. The van der Waals surface area contributed by atoms with Gasteiger partial charge < -0.3 is 10.6 Å². The minimum atomic E-state index is -0.357. The third-order valence-electron chi connectivity index (χ3n) is 3.42. The van der Waals surface area contributed by atoms with Gasteiger partial charge in [-0.15, -0.1) is 0 Å². The van der Waals surface area contributed by atoms with Crippen molar-refractivity contribution in [3.63, 3.8) is 0 Å². The van der Waals surface area contributed by atoms with E-state index in [9.17, 15) is 4.39 Å². The SMILES string of the molecule is CN1CCC[C@H]1CN=C/C(=C\N)c1ccc(F)cn1. The topological polar surface area (TPSA) is 54.5 Å². The molecule has 19 heavy (non-hydrogen) atoms. The van der Waals surface area contributed by atoms with Crippen molar-refractivity contribution >= 4 is 11.8 Å². The number of rotatable bonds is 4. The quantitative estimate of drug-likeness (QED) is 0.840. The maximum absolute atomic E-state index is 12.8. The van der Waals surface area contributed by atoms with Crippen molar-refractivity contribution in [2.24, 2.45) is 10.7 Å². The number of nitrogens with zero attached hydrogens (tertiary/aromatic N) is 3. The maximum Gasteiger partial charge on any atom is 0.141 e. The molecular formula is C14H19FN4. The number of hydrogen-bond acceptors (Lipinski definition) is 4. The average molecular weight is 262 g/mol. The second kappa shape index (κ2) is 6.43. The standard InChI is InChI=1S/C14H19FN4/c1-19-6-2-3-13(19)10-17-8-11(7-16)14-5-4-12(15)9-18-14/h4-5,7-9,13H,2-3,6,10,16H2,1H3/b11-7+,17-8?/t13-/m0/s1.